The average molecular weight is 643 g/mol. The maximum absolute atomic E-state index is 13.4. The molecule has 0 aromatic heterocycles. The van der Waals surface area contributed by atoms with Gasteiger partial charge in [-0.3, -0.25) is 4.79 Å². The molecule has 8 nitrogen and oxygen atoms in total. The van der Waals surface area contributed by atoms with Crippen LogP contribution in [0.15, 0.2) is 48.6 Å². The van der Waals surface area contributed by atoms with Crippen LogP contribution < -0.4 is 14.4 Å². The molecule has 1 spiro atoms. The molecule has 10 heteroatoms. The lowest BCUT2D eigenvalue weighted by molar-refractivity contribution is -0.0583. The molecule has 6 rings (SSSR count). The van der Waals surface area contributed by atoms with Crippen molar-refractivity contribution in [3.8, 4) is 5.75 Å². The van der Waals surface area contributed by atoms with Crippen LogP contribution in [-0.2, 0) is 21.9 Å². The number of halogens is 1. The number of nitrogens with one attached hydrogen (secondary N) is 1. The number of ether oxygens (including phenoxy) is 1. The van der Waals surface area contributed by atoms with E-state index < -0.39 is 26.8 Å². The number of fused-ring (bicyclic) bond motifs is 4. The standard InChI is InChI=1S/C34H43ClN2O6S/c1-22-5-3-14-34(40,15-16-38)29-10-7-26(29)19-37-20-33(13-4-6-24-17-27(35)9-11-28(24)33)21-43-31-12-8-25(18-30(31)37)32(39)36-44(41,42)23(22)2/h3,8-9,11-12,14,17-18,22-23,26,29,38,40H,4-7,10,13,15-16,19-21H2,1-2H3,(H,36,39)/b14-3+/t22-,23+,26-,29+,33-,34+/m0/s1. The lowest BCUT2D eigenvalue weighted by atomic mass is 9.63. The Labute approximate surface area is 265 Å². The highest BCUT2D eigenvalue weighted by molar-refractivity contribution is 7.90. The topological polar surface area (TPSA) is 116 Å². The predicted molar refractivity (Wildman–Crippen MR) is 172 cm³/mol. The van der Waals surface area contributed by atoms with Gasteiger partial charge in [0.1, 0.15) is 5.75 Å². The number of carbonyl (C=O) groups excluding carboxylic acids is 1. The van der Waals surface area contributed by atoms with Crippen molar-refractivity contribution in [1.29, 1.82) is 0 Å². The summed E-state index contributed by atoms with van der Waals surface area (Å²) in [6.07, 6.45) is 8.89. The zero-order valence-electron chi connectivity index (χ0n) is 25.5. The molecular weight excluding hydrogens is 600 g/mol. The second-order valence-electron chi connectivity index (χ2n) is 13.5. The number of sulfonamides is 1. The van der Waals surface area contributed by atoms with Gasteiger partial charge in [0.2, 0.25) is 10.0 Å². The minimum Gasteiger partial charge on any atom is -0.490 e. The number of anilines is 1. The van der Waals surface area contributed by atoms with Gasteiger partial charge in [-0.15, -0.1) is 0 Å². The van der Waals surface area contributed by atoms with E-state index in [2.05, 4.69) is 21.8 Å². The summed E-state index contributed by atoms with van der Waals surface area (Å²) in [6.45, 7) is 5.01. The van der Waals surface area contributed by atoms with E-state index >= 15 is 0 Å². The molecule has 238 valence electrons. The summed E-state index contributed by atoms with van der Waals surface area (Å²) in [6, 6.07) is 11.3. The molecule has 0 saturated heterocycles. The van der Waals surface area contributed by atoms with Crippen LogP contribution >= 0.6 is 11.6 Å². The van der Waals surface area contributed by atoms with Gasteiger partial charge in [-0.05, 0) is 105 Å². The lowest BCUT2D eigenvalue weighted by Gasteiger charge is -2.49. The van der Waals surface area contributed by atoms with Crippen LogP contribution in [0.4, 0.5) is 5.69 Å². The third kappa shape index (κ3) is 5.77. The number of carbonyl (C=O) groups is 1. The van der Waals surface area contributed by atoms with E-state index in [1.54, 1.807) is 31.2 Å². The molecular formula is C34H43ClN2O6S. The average Bonchev–Trinajstić information content (AvgIpc) is 3.11. The van der Waals surface area contributed by atoms with Crippen molar-refractivity contribution in [2.24, 2.45) is 17.8 Å². The number of nitrogens with zero attached hydrogens (tertiary/aromatic N) is 1. The third-order valence-corrected chi connectivity index (χ3v) is 12.9. The maximum atomic E-state index is 13.4. The Morgan fingerprint density at radius 3 is 2.73 bits per heavy atom. The van der Waals surface area contributed by atoms with E-state index in [1.165, 1.54) is 11.1 Å². The minimum absolute atomic E-state index is 0.0669. The van der Waals surface area contributed by atoms with Gasteiger partial charge in [-0.25, -0.2) is 13.1 Å². The van der Waals surface area contributed by atoms with Gasteiger partial charge in [-0.2, -0.15) is 0 Å². The quantitative estimate of drug-likeness (QED) is 0.395. The summed E-state index contributed by atoms with van der Waals surface area (Å²) >= 11 is 6.40. The Bertz CT molecular complexity index is 1560. The Hall–Kier alpha value is -2.59. The number of rotatable bonds is 2. The highest BCUT2D eigenvalue weighted by Crippen LogP contribution is 2.49. The first kappa shape index (κ1) is 31.4. The summed E-state index contributed by atoms with van der Waals surface area (Å²) in [5, 5.41) is 21.7. The fourth-order valence-corrected chi connectivity index (χ4v) is 9.30. The second-order valence-corrected chi connectivity index (χ2v) is 16.0. The molecule has 1 fully saturated rings. The number of benzene rings is 2. The highest BCUT2D eigenvalue weighted by atomic mass is 35.5. The number of aliphatic hydroxyl groups is 2. The summed E-state index contributed by atoms with van der Waals surface area (Å²) in [7, 11) is -3.98. The van der Waals surface area contributed by atoms with E-state index in [0.717, 1.165) is 37.8 Å². The maximum Gasteiger partial charge on any atom is 0.264 e. The summed E-state index contributed by atoms with van der Waals surface area (Å²) in [5.41, 5.74) is 1.94. The van der Waals surface area contributed by atoms with Gasteiger partial charge >= 0.3 is 0 Å². The molecule has 4 aliphatic rings. The van der Waals surface area contributed by atoms with Crippen LogP contribution in [0.1, 0.15) is 73.9 Å². The summed E-state index contributed by atoms with van der Waals surface area (Å²) < 4.78 is 35.4. The van der Waals surface area contributed by atoms with Crippen LogP contribution in [0.2, 0.25) is 5.02 Å². The van der Waals surface area contributed by atoms with E-state index in [4.69, 9.17) is 16.3 Å². The normalized spacial score (nSPS) is 34.0. The smallest absolute Gasteiger partial charge is 0.264 e. The van der Waals surface area contributed by atoms with E-state index in [9.17, 15) is 23.4 Å². The number of allylic oxidation sites excluding steroid dienone is 1. The van der Waals surface area contributed by atoms with E-state index in [-0.39, 0.29) is 41.8 Å². The van der Waals surface area contributed by atoms with Gasteiger partial charge in [0.05, 0.1) is 23.1 Å². The van der Waals surface area contributed by atoms with Crippen LogP contribution in [0.3, 0.4) is 0 Å². The Morgan fingerprint density at radius 2 is 1.98 bits per heavy atom. The number of amides is 1. The van der Waals surface area contributed by atoms with E-state index in [1.807, 2.05) is 19.1 Å². The lowest BCUT2D eigenvalue weighted by Crippen LogP contribution is -2.52. The van der Waals surface area contributed by atoms with Gasteiger partial charge in [-0.1, -0.05) is 36.7 Å². The third-order valence-electron chi connectivity index (χ3n) is 10.8. The molecule has 3 N–H and O–H groups in total. The monoisotopic (exact) mass is 642 g/mol. The molecule has 2 heterocycles. The van der Waals surface area contributed by atoms with E-state index in [0.29, 0.717) is 36.9 Å². The largest absolute Gasteiger partial charge is 0.490 e. The molecule has 2 aliphatic carbocycles. The molecule has 2 aliphatic heterocycles. The molecule has 2 aromatic carbocycles. The minimum atomic E-state index is -3.98. The Kier molecular flexibility index (Phi) is 8.54. The number of hydrogen-bond donors (Lipinski definition) is 3. The van der Waals surface area contributed by atoms with Gasteiger partial charge < -0.3 is 19.8 Å². The van der Waals surface area contributed by atoms with Crippen molar-refractivity contribution in [1.82, 2.24) is 4.72 Å². The van der Waals surface area contributed by atoms with Crippen LogP contribution in [0, 0.1) is 17.8 Å². The number of aliphatic hydroxyl groups excluding tert-OH is 1. The predicted octanol–water partition coefficient (Wildman–Crippen LogP) is 5.00. The van der Waals surface area contributed by atoms with Crippen molar-refractivity contribution in [2.75, 3.05) is 31.2 Å². The Morgan fingerprint density at radius 1 is 1.16 bits per heavy atom. The molecule has 0 unspecified atom stereocenters. The SMILES string of the molecule is C[C@@H]1[C@@H](C)C/C=C/[C@@](O)(CCO)[C@@H]2CC[C@H]2CN2C[C@@]3(CCCc4cc(Cl)ccc43)COc3ccc(cc32)C(=O)NS1(=O)=O. The van der Waals surface area contributed by atoms with Crippen molar-refractivity contribution >= 4 is 33.2 Å². The zero-order chi connectivity index (χ0) is 31.3. The van der Waals surface area contributed by atoms with Gasteiger partial charge in [0.15, 0.2) is 0 Å². The first-order valence-electron chi connectivity index (χ1n) is 15.8. The Balaban J connectivity index is 1.45. The van der Waals surface area contributed by atoms with Crippen LogP contribution in [-0.4, -0.2) is 61.7 Å². The van der Waals surface area contributed by atoms with Crippen molar-refractivity contribution in [3.63, 3.8) is 0 Å². The highest BCUT2D eigenvalue weighted by Gasteiger charge is 2.48. The molecule has 1 amide bonds. The molecule has 6 atom stereocenters. The van der Waals surface area contributed by atoms with Crippen LogP contribution in [0.5, 0.6) is 5.75 Å². The van der Waals surface area contributed by atoms with Crippen LogP contribution in [0.25, 0.3) is 0 Å². The van der Waals surface area contributed by atoms with Gasteiger partial charge in [0.25, 0.3) is 5.91 Å². The molecule has 2 bridgehead atoms. The van der Waals surface area contributed by atoms with Gasteiger partial charge in [0, 0.05) is 42.1 Å². The fraction of sp³-hybridized carbons (Fsp3) is 0.559. The molecule has 0 radical (unpaired) electrons. The summed E-state index contributed by atoms with van der Waals surface area (Å²) in [4.78, 5) is 15.7. The number of hydrogen-bond acceptors (Lipinski definition) is 7. The fourth-order valence-electron chi connectivity index (χ4n) is 7.82. The van der Waals surface area contributed by atoms with Crippen molar-refractivity contribution < 1.29 is 28.2 Å². The second kappa shape index (κ2) is 12.0. The van der Waals surface area contributed by atoms with Crippen molar-refractivity contribution in [3.05, 3.63) is 70.3 Å². The molecule has 2 aromatic rings. The van der Waals surface area contributed by atoms with Crippen molar-refractivity contribution in [2.45, 2.75) is 75.1 Å². The zero-order valence-corrected chi connectivity index (χ0v) is 27.0. The first-order valence-corrected chi connectivity index (χ1v) is 17.7. The molecule has 44 heavy (non-hydrogen) atoms. The number of aryl methyl sites for hydroxylation is 1. The summed E-state index contributed by atoms with van der Waals surface area (Å²) in [5.74, 6) is -0.241. The molecule has 1 saturated carbocycles. The first-order chi connectivity index (χ1) is 20.9.